The van der Waals surface area contributed by atoms with Gasteiger partial charge in [-0.3, -0.25) is 4.79 Å². The second-order valence-electron chi connectivity index (χ2n) is 9.85. The average Bonchev–Trinajstić information content (AvgIpc) is 2.87. The fourth-order valence-corrected chi connectivity index (χ4v) is 8.48. The first-order valence-corrected chi connectivity index (χ1v) is 14.9. The maximum absolute atomic E-state index is 12.9. The summed E-state index contributed by atoms with van der Waals surface area (Å²) >= 11 is 0. The van der Waals surface area contributed by atoms with Gasteiger partial charge in [-0.2, -0.15) is 0 Å². The van der Waals surface area contributed by atoms with E-state index >= 15 is 0 Å². The molecule has 3 aliphatic rings. The SMILES string of the molecule is COc1c(O)ccc2c1-c1ccc3ccc(O)cc3c1CSSC1CCC(CC1)[C@@H](O)CC(=O)CC2. The molecule has 3 N–H and O–H groups in total. The number of ketones is 1. The van der Waals surface area contributed by atoms with Crippen LogP contribution in [0.5, 0.6) is 17.2 Å². The van der Waals surface area contributed by atoms with Gasteiger partial charge in [-0.05, 0) is 83.7 Å². The second-order valence-corrected chi connectivity index (χ2v) is 12.5. The minimum Gasteiger partial charge on any atom is -0.508 e. The Morgan fingerprint density at radius 1 is 0.972 bits per heavy atom. The number of ether oxygens (including phenoxy) is 1. The number of carbonyl (C=O) groups is 1. The molecule has 2 bridgehead atoms. The van der Waals surface area contributed by atoms with Crippen molar-refractivity contribution < 1.29 is 24.9 Å². The number of benzene rings is 3. The zero-order chi connectivity index (χ0) is 25.2. The molecule has 6 rings (SSSR count). The van der Waals surface area contributed by atoms with Crippen molar-refractivity contribution >= 4 is 38.1 Å². The number of aryl methyl sites for hydroxylation is 1. The summed E-state index contributed by atoms with van der Waals surface area (Å²) < 4.78 is 5.69. The quantitative estimate of drug-likeness (QED) is 0.308. The van der Waals surface area contributed by atoms with Crippen LogP contribution in [0.1, 0.15) is 49.7 Å². The highest BCUT2D eigenvalue weighted by Gasteiger charge is 2.29. The summed E-state index contributed by atoms with van der Waals surface area (Å²) in [4.78, 5) is 12.9. The van der Waals surface area contributed by atoms with Crippen LogP contribution in [0.3, 0.4) is 0 Å². The van der Waals surface area contributed by atoms with E-state index in [9.17, 15) is 20.1 Å². The molecule has 3 aromatic carbocycles. The summed E-state index contributed by atoms with van der Waals surface area (Å²) in [7, 11) is 5.26. The van der Waals surface area contributed by atoms with Crippen LogP contribution >= 0.6 is 21.6 Å². The van der Waals surface area contributed by atoms with Crippen molar-refractivity contribution in [1.29, 1.82) is 0 Å². The van der Waals surface area contributed by atoms with Gasteiger partial charge in [0.05, 0.1) is 13.2 Å². The van der Waals surface area contributed by atoms with Crippen LogP contribution in [0, 0.1) is 5.92 Å². The van der Waals surface area contributed by atoms with Crippen LogP contribution < -0.4 is 4.74 Å². The van der Waals surface area contributed by atoms with Crippen LogP contribution in [0.25, 0.3) is 21.9 Å². The molecule has 3 aromatic rings. The summed E-state index contributed by atoms with van der Waals surface area (Å²) in [5.74, 6) is 1.63. The van der Waals surface area contributed by atoms with Crippen LogP contribution in [0.15, 0.2) is 42.5 Å². The first-order valence-electron chi connectivity index (χ1n) is 12.6. The lowest BCUT2D eigenvalue weighted by molar-refractivity contribution is -0.121. The van der Waals surface area contributed by atoms with E-state index in [0.29, 0.717) is 23.8 Å². The van der Waals surface area contributed by atoms with Gasteiger partial charge in [0.1, 0.15) is 11.5 Å². The third-order valence-corrected chi connectivity index (χ3v) is 10.5. The van der Waals surface area contributed by atoms with Crippen molar-refractivity contribution in [3.8, 4) is 28.4 Å². The Labute approximate surface area is 219 Å². The molecule has 1 fully saturated rings. The highest BCUT2D eigenvalue weighted by atomic mass is 33.1. The largest absolute Gasteiger partial charge is 0.508 e. The first-order chi connectivity index (χ1) is 17.4. The number of aromatic hydroxyl groups is 2. The number of phenols is 2. The summed E-state index contributed by atoms with van der Waals surface area (Å²) in [5, 5.41) is 34.2. The van der Waals surface area contributed by atoms with E-state index in [1.54, 1.807) is 19.2 Å². The lowest BCUT2D eigenvalue weighted by atomic mass is 9.83. The molecule has 0 saturated heterocycles. The Kier molecular flexibility index (Phi) is 7.70. The van der Waals surface area contributed by atoms with Gasteiger partial charge in [-0.15, -0.1) is 0 Å². The third-order valence-electron chi connectivity index (χ3n) is 7.59. The number of rotatable bonds is 1. The topological polar surface area (TPSA) is 87.0 Å². The van der Waals surface area contributed by atoms with Gasteiger partial charge >= 0.3 is 0 Å². The molecule has 2 heterocycles. The number of fused-ring (bicyclic) bond motifs is 9. The minimum absolute atomic E-state index is 0.0497. The fraction of sp³-hybridized carbons (Fsp3) is 0.414. The molecule has 7 heteroatoms. The number of aliphatic hydroxyl groups is 1. The minimum atomic E-state index is -0.572. The number of phenolic OH excluding ortho intramolecular Hbond substituents is 2. The van der Waals surface area contributed by atoms with Crippen molar-refractivity contribution in [2.24, 2.45) is 5.92 Å². The van der Waals surface area contributed by atoms with Gasteiger partial charge in [0, 0.05) is 29.4 Å². The number of Topliss-reactive ketones (excluding diaryl/α,β-unsaturated/α-hetero) is 1. The predicted octanol–water partition coefficient (Wildman–Crippen LogP) is 6.63. The van der Waals surface area contributed by atoms with E-state index in [1.807, 2.05) is 45.9 Å². The molecular weight excluding hydrogens is 492 g/mol. The van der Waals surface area contributed by atoms with Gasteiger partial charge in [0.15, 0.2) is 11.5 Å². The standard InChI is InChI=1S/C29H32O5S2/c1-34-29-26(32)13-7-19-3-9-21(31)15-27(33)18-4-10-22(11-5-18)36-35-16-25-23(28(19)29)12-6-17-2-8-20(30)14-24(17)25/h2,6-8,12-14,18,22,27,30,32-33H,3-5,9-11,15-16H2,1H3/t18?,22?,27-/m0/s1. The molecule has 0 unspecified atom stereocenters. The number of aliphatic hydroxyl groups excluding tert-OH is 1. The van der Waals surface area contributed by atoms with Crippen molar-refractivity contribution in [1.82, 2.24) is 0 Å². The van der Waals surface area contributed by atoms with Crippen molar-refractivity contribution in [3.05, 3.63) is 53.6 Å². The van der Waals surface area contributed by atoms with Crippen molar-refractivity contribution in [3.63, 3.8) is 0 Å². The molecule has 1 atom stereocenters. The molecule has 0 spiro atoms. The lowest BCUT2D eigenvalue weighted by Gasteiger charge is -2.31. The van der Waals surface area contributed by atoms with Crippen LogP contribution in [0.4, 0.5) is 0 Å². The summed E-state index contributed by atoms with van der Waals surface area (Å²) in [6.07, 6.45) is 4.44. The van der Waals surface area contributed by atoms with Gasteiger partial charge in [0.25, 0.3) is 0 Å². The average molecular weight is 525 g/mol. The highest BCUT2D eigenvalue weighted by Crippen LogP contribution is 2.47. The highest BCUT2D eigenvalue weighted by molar-refractivity contribution is 8.76. The third kappa shape index (κ3) is 5.20. The molecule has 0 aromatic heterocycles. The maximum atomic E-state index is 12.9. The number of carbonyl (C=O) groups excluding carboxylic acids is 1. The van der Waals surface area contributed by atoms with Crippen LogP contribution in [-0.2, 0) is 17.0 Å². The smallest absolute Gasteiger partial charge is 0.168 e. The first kappa shape index (κ1) is 25.3. The van der Waals surface area contributed by atoms with E-state index in [1.165, 1.54) is 0 Å². The van der Waals surface area contributed by atoms with E-state index in [-0.39, 0.29) is 29.6 Å². The monoisotopic (exact) mass is 524 g/mol. The van der Waals surface area contributed by atoms with Crippen LogP contribution in [0.2, 0.25) is 0 Å². The van der Waals surface area contributed by atoms with Crippen molar-refractivity contribution in [2.75, 3.05) is 7.11 Å². The molecule has 0 radical (unpaired) electrons. The molecule has 1 aliphatic carbocycles. The molecular formula is C29H32O5S2. The summed E-state index contributed by atoms with van der Waals surface area (Å²) in [6, 6.07) is 13.0. The van der Waals surface area contributed by atoms with Gasteiger partial charge in [-0.1, -0.05) is 45.9 Å². The fourth-order valence-electron chi connectivity index (χ4n) is 5.62. The molecule has 5 nitrogen and oxygen atoms in total. The van der Waals surface area contributed by atoms with Crippen LogP contribution in [-0.4, -0.2) is 39.6 Å². The van der Waals surface area contributed by atoms with Gasteiger partial charge in [-0.25, -0.2) is 0 Å². The normalized spacial score (nSPS) is 23.3. The Hall–Kier alpha value is -2.35. The van der Waals surface area contributed by atoms with E-state index in [4.69, 9.17) is 4.74 Å². The molecule has 0 amide bonds. The molecule has 1 saturated carbocycles. The van der Waals surface area contributed by atoms with E-state index in [2.05, 4.69) is 6.07 Å². The van der Waals surface area contributed by atoms with Gasteiger partial charge < -0.3 is 20.1 Å². The number of hydrogen-bond donors (Lipinski definition) is 3. The molecule has 190 valence electrons. The zero-order valence-corrected chi connectivity index (χ0v) is 22.0. The number of hydrogen-bond acceptors (Lipinski definition) is 7. The Balaban J connectivity index is 1.65. The Morgan fingerprint density at radius 3 is 2.53 bits per heavy atom. The predicted molar refractivity (Wildman–Crippen MR) is 148 cm³/mol. The Morgan fingerprint density at radius 2 is 1.75 bits per heavy atom. The second kappa shape index (κ2) is 11.0. The maximum Gasteiger partial charge on any atom is 0.168 e. The number of methoxy groups -OCH3 is 1. The summed E-state index contributed by atoms with van der Waals surface area (Å²) in [5.41, 5.74) is 3.71. The van der Waals surface area contributed by atoms with Gasteiger partial charge in [0.2, 0.25) is 0 Å². The summed E-state index contributed by atoms with van der Waals surface area (Å²) in [6.45, 7) is 0. The zero-order valence-electron chi connectivity index (χ0n) is 20.4. The molecule has 2 aliphatic heterocycles. The Bertz CT molecular complexity index is 1270. The van der Waals surface area contributed by atoms with E-state index in [0.717, 1.165) is 64.5 Å². The molecule has 36 heavy (non-hydrogen) atoms. The van der Waals surface area contributed by atoms with E-state index < -0.39 is 6.10 Å². The van der Waals surface area contributed by atoms with Crippen molar-refractivity contribution in [2.45, 2.75) is 62.1 Å². The lowest BCUT2D eigenvalue weighted by Crippen LogP contribution is -2.28.